The van der Waals surface area contributed by atoms with Crippen molar-refractivity contribution in [3.05, 3.63) is 24.0 Å². The highest BCUT2D eigenvalue weighted by molar-refractivity contribution is 5.30. The van der Waals surface area contributed by atoms with Gasteiger partial charge in [-0.1, -0.05) is 0 Å². The molecule has 0 saturated heterocycles. The number of ether oxygens (including phenoxy) is 1. The Labute approximate surface area is 77.4 Å². The fourth-order valence-corrected chi connectivity index (χ4v) is 1.15. The molecule has 0 aliphatic rings. The van der Waals surface area contributed by atoms with Gasteiger partial charge in [0, 0.05) is 18.7 Å². The topological polar surface area (TPSA) is 68.4 Å². The molecule has 0 aromatic carbocycles. The molecule has 0 spiro atoms. The molecule has 13 heavy (non-hydrogen) atoms. The number of hydrogen-bond donors (Lipinski definition) is 2. The second kappa shape index (κ2) is 4.79. The minimum absolute atomic E-state index is 0.0100. The highest BCUT2D eigenvalue weighted by Crippen LogP contribution is 2.22. The van der Waals surface area contributed by atoms with E-state index in [4.69, 9.17) is 15.6 Å². The van der Waals surface area contributed by atoms with E-state index in [1.807, 2.05) is 0 Å². The van der Waals surface area contributed by atoms with E-state index >= 15 is 0 Å². The van der Waals surface area contributed by atoms with Crippen LogP contribution in [0.2, 0.25) is 0 Å². The molecule has 0 aliphatic heterocycles. The SMILES string of the molecule is COc1cccnc1C(CN)CO. The van der Waals surface area contributed by atoms with Gasteiger partial charge in [0.1, 0.15) is 5.75 Å². The number of aliphatic hydroxyl groups excluding tert-OH is 1. The molecule has 0 radical (unpaired) electrons. The molecule has 4 heteroatoms. The van der Waals surface area contributed by atoms with Gasteiger partial charge in [-0.15, -0.1) is 0 Å². The van der Waals surface area contributed by atoms with E-state index in [1.54, 1.807) is 25.4 Å². The van der Waals surface area contributed by atoms with Gasteiger partial charge in [-0.3, -0.25) is 4.98 Å². The average molecular weight is 182 g/mol. The third-order valence-corrected chi connectivity index (χ3v) is 1.91. The van der Waals surface area contributed by atoms with Crippen molar-refractivity contribution in [1.82, 2.24) is 4.98 Å². The summed E-state index contributed by atoms with van der Waals surface area (Å²) in [5.41, 5.74) is 6.20. The van der Waals surface area contributed by atoms with Crippen molar-refractivity contribution in [1.29, 1.82) is 0 Å². The molecular formula is C9H14N2O2. The summed E-state index contributed by atoms with van der Waals surface area (Å²) >= 11 is 0. The van der Waals surface area contributed by atoms with Gasteiger partial charge in [0.15, 0.2) is 0 Å². The van der Waals surface area contributed by atoms with Gasteiger partial charge < -0.3 is 15.6 Å². The molecule has 0 aliphatic carbocycles. The zero-order chi connectivity index (χ0) is 9.68. The van der Waals surface area contributed by atoms with Crippen LogP contribution in [0.25, 0.3) is 0 Å². The highest BCUT2D eigenvalue weighted by atomic mass is 16.5. The first-order valence-corrected chi connectivity index (χ1v) is 4.13. The van der Waals surface area contributed by atoms with Gasteiger partial charge in [0.25, 0.3) is 0 Å². The fourth-order valence-electron chi connectivity index (χ4n) is 1.15. The first-order chi connectivity index (χ1) is 6.33. The van der Waals surface area contributed by atoms with Crippen molar-refractivity contribution in [2.45, 2.75) is 5.92 Å². The maximum Gasteiger partial charge on any atom is 0.140 e. The predicted molar refractivity (Wildman–Crippen MR) is 49.7 cm³/mol. The molecule has 1 aromatic heterocycles. The van der Waals surface area contributed by atoms with Crippen LogP contribution >= 0.6 is 0 Å². The molecule has 1 heterocycles. The molecule has 4 nitrogen and oxygen atoms in total. The molecule has 1 rings (SSSR count). The lowest BCUT2D eigenvalue weighted by Gasteiger charge is -2.13. The second-order valence-electron chi connectivity index (χ2n) is 2.71. The minimum Gasteiger partial charge on any atom is -0.495 e. The maximum atomic E-state index is 9.02. The van der Waals surface area contributed by atoms with Crippen molar-refractivity contribution < 1.29 is 9.84 Å². The first-order valence-electron chi connectivity index (χ1n) is 4.13. The van der Waals surface area contributed by atoms with Gasteiger partial charge >= 0.3 is 0 Å². The Morgan fingerprint density at radius 2 is 2.46 bits per heavy atom. The van der Waals surface area contributed by atoms with Gasteiger partial charge in [-0.05, 0) is 12.1 Å². The van der Waals surface area contributed by atoms with E-state index in [0.29, 0.717) is 12.3 Å². The van der Waals surface area contributed by atoms with Crippen LogP contribution in [0.4, 0.5) is 0 Å². The van der Waals surface area contributed by atoms with E-state index in [9.17, 15) is 0 Å². The summed E-state index contributed by atoms with van der Waals surface area (Å²) in [6, 6.07) is 3.59. The van der Waals surface area contributed by atoms with Gasteiger partial charge in [0.2, 0.25) is 0 Å². The largest absolute Gasteiger partial charge is 0.495 e. The molecule has 0 fully saturated rings. The van der Waals surface area contributed by atoms with Crippen LogP contribution in [-0.4, -0.2) is 30.4 Å². The van der Waals surface area contributed by atoms with Crippen LogP contribution < -0.4 is 10.5 Å². The first kappa shape index (κ1) is 9.95. The molecular weight excluding hydrogens is 168 g/mol. The van der Waals surface area contributed by atoms with Crippen molar-refractivity contribution in [3.63, 3.8) is 0 Å². The molecule has 3 N–H and O–H groups in total. The summed E-state index contributed by atoms with van der Waals surface area (Å²) in [5.74, 6) is 0.531. The number of nitrogens with zero attached hydrogens (tertiary/aromatic N) is 1. The summed E-state index contributed by atoms with van der Waals surface area (Å²) < 4.78 is 5.10. The average Bonchev–Trinajstić information content (AvgIpc) is 2.20. The van der Waals surface area contributed by atoms with Crippen LogP contribution in [0.3, 0.4) is 0 Å². The number of aromatic nitrogens is 1. The number of aliphatic hydroxyl groups is 1. The van der Waals surface area contributed by atoms with Gasteiger partial charge in [-0.25, -0.2) is 0 Å². The number of rotatable bonds is 4. The van der Waals surface area contributed by atoms with E-state index < -0.39 is 0 Å². The monoisotopic (exact) mass is 182 g/mol. The molecule has 1 atom stereocenters. The Kier molecular flexibility index (Phi) is 3.67. The Morgan fingerprint density at radius 1 is 1.69 bits per heavy atom. The summed E-state index contributed by atoms with van der Waals surface area (Å²) in [5, 5.41) is 9.02. The Morgan fingerprint density at radius 3 is 3.00 bits per heavy atom. The van der Waals surface area contributed by atoms with Crippen molar-refractivity contribution in [2.75, 3.05) is 20.3 Å². The van der Waals surface area contributed by atoms with E-state index in [0.717, 1.165) is 5.69 Å². The molecule has 0 amide bonds. The fraction of sp³-hybridized carbons (Fsp3) is 0.444. The van der Waals surface area contributed by atoms with E-state index in [-0.39, 0.29) is 12.5 Å². The number of hydrogen-bond acceptors (Lipinski definition) is 4. The lowest BCUT2D eigenvalue weighted by molar-refractivity contribution is 0.262. The molecule has 0 saturated carbocycles. The van der Waals surface area contributed by atoms with E-state index in [2.05, 4.69) is 4.98 Å². The normalized spacial score (nSPS) is 12.5. The molecule has 0 bridgehead atoms. The van der Waals surface area contributed by atoms with Crippen LogP contribution in [0.5, 0.6) is 5.75 Å². The Hall–Kier alpha value is -1.13. The van der Waals surface area contributed by atoms with Crippen molar-refractivity contribution in [3.8, 4) is 5.75 Å². The Bertz CT molecular complexity index is 262. The van der Waals surface area contributed by atoms with E-state index in [1.165, 1.54) is 0 Å². The summed E-state index contributed by atoms with van der Waals surface area (Å²) in [4.78, 5) is 4.13. The number of pyridine rings is 1. The van der Waals surface area contributed by atoms with Crippen LogP contribution in [0.15, 0.2) is 18.3 Å². The number of nitrogens with two attached hydrogens (primary N) is 1. The predicted octanol–water partition coefficient (Wildman–Crippen LogP) is 0.125. The van der Waals surface area contributed by atoms with Crippen LogP contribution in [-0.2, 0) is 0 Å². The van der Waals surface area contributed by atoms with Gasteiger partial charge in [-0.2, -0.15) is 0 Å². The quantitative estimate of drug-likeness (QED) is 0.694. The van der Waals surface area contributed by atoms with Crippen LogP contribution in [0, 0.1) is 0 Å². The summed E-state index contributed by atoms with van der Waals surface area (Å²) in [6.45, 7) is 0.355. The number of methoxy groups -OCH3 is 1. The zero-order valence-electron chi connectivity index (χ0n) is 7.60. The summed E-state index contributed by atoms with van der Waals surface area (Å²) in [6.07, 6.45) is 1.66. The third-order valence-electron chi connectivity index (χ3n) is 1.91. The standard InChI is InChI=1S/C9H14N2O2/c1-13-8-3-2-4-11-9(8)7(5-10)6-12/h2-4,7,12H,5-6,10H2,1H3. The van der Waals surface area contributed by atoms with Gasteiger partial charge in [0.05, 0.1) is 19.4 Å². The smallest absolute Gasteiger partial charge is 0.140 e. The molecule has 72 valence electrons. The third kappa shape index (κ3) is 2.17. The lowest BCUT2D eigenvalue weighted by Crippen LogP contribution is -2.18. The molecule has 1 unspecified atom stereocenters. The maximum absolute atomic E-state index is 9.02. The minimum atomic E-state index is -0.142. The molecule has 1 aromatic rings. The zero-order valence-corrected chi connectivity index (χ0v) is 7.60. The van der Waals surface area contributed by atoms with Crippen molar-refractivity contribution >= 4 is 0 Å². The van der Waals surface area contributed by atoms with Crippen molar-refractivity contribution in [2.24, 2.45) is 5.73 Å². The highest BCUT2D eigenvalue weighted by Gasteiger charge is 2.14. The Balaban J connectivity index is 2.96. The van der Waals surface area contributed by atoms with Crippen LogP contribution in [0.1, 0.15) is 11.6 Å². The second-order valence-corrected chi connectivity index (χ2v) is 2.71. The lowest BCUT2D eigenvalue weighted by atomic mass is 10.1. The summed E-state index contributed by atoms with van der Waals surface area (Å²) in [7, 11) is 1.57.